The lowest BCUT2D eigenvalue weighted by molar-refractivity contribution is -0.242. The Hall–Kier alpha value is -3.67. The van der Waals surface area contributed by atoms with Crippen molar-refractivity contribution < 1.29 is 69.3 Å². The van der Waals surface area contributed by atoms with E-state index in [9.17, 15) is 50.8 Å². The van der Waals surface area contributed by atoms with E-state index in [1.54, 1.807) is 0 Å². The van der Waals surface area contributed by atoms with Gasteiger partial charge in [0.15, 0.2) is 17.3 Å². The zero-order chi connectivity index (χ0) is 28.9. The molecule has 216 valence electrons. The molecule has 0 aliphatic carbocycles. The van der Waals surface area contributed by atoms with Crippen LogP contribution in [0.3, 0.4) is 0 Å². The van der Waals surface area contributed by atoms with Crippen molar-refractivity contribution in [2.24, 2.45) is 0 Å². The average molecular weight is 566 g/mol. The maximum Gasteiger partial charge on any atom is 0.239 e. The molecule has 15 heteroatoms. The monoisotopic (exact) mass is 566 g/mol. The van der Waals surface area contributed by atoms with Crippen LogP contribution in [0.15, 0.2) is 39.5 Å². The normalized spacial score (nSPS) is 30.8. The fourth-order valence-corrected chi connectivity index (χ4v) is 4.30. The molecule has 2 aromatic carbocycles. The van der Waals surface area contributed by atoms with Gasteiger partial charge in [0, 0.05) is 17.7 Å². The number of aromatic hydroxyl groups is 3. The van der Waals surface area contributed by atoms with Gasteiger partial charge in [0.25, 0.3) is 0 Å². The average Bonchev–Trinajstić information content (AvgIpc) is 2.91. The summed E-state index contributed by atoms with van der Waals surface area (Å²) >= 11 is 0. The molecular weight excluding hydrogens is 540 g/mol. The van der Waals surface area contributed by atoms with E-state index in [-0.39, 0.29) is 29.3 Å². The molecule has 0 saturated carbocycles. The van der Waals surface area contributed by atoms with Gasteiger partial charge in [-0.25, -0.2) is 0 Å². The molecular formula is C25H26O15. The molecule has 9 N–H and O–H groups in total. The van der Waals surface area contributed by atoms with Gasteiger partial charge in [0.2, 0.25) is 23.8 Å². The molecule has 1 aromatic heterocycles. The largest absolute Gasteiger partial charge is 0.507 e. The van der Waals surface area contributed by atoms with Crippen LogP contribution in [0.4, 0.5) is 0 Å². The lowest BCUT2D eigenvalue weighted by Gasteiger charge is -2.35. The highest BCUT2D eigenvalue weighted by Gasteiger charge is 2.41. The molecule has 0 spiro atoms. The van der Waals surface area contributed by atoms with E-state index in [1.165, 1.54) is 6.07 Å². The third kappa shape index (κ3) is 5.00. The van der Waals surface area contributed by atoms with Crippen molar-refractivity contribution in [1.82, 2.24) is 0 Å². The maximum absolute atomic E-state index is 13.6. The van der Waals surface area contributed by atoms with Crippen LogP contribution in [-0.2, 0) is 9.47 Å². The van der Waals surface area contributed by atoms with Gasteiger partial charge < -0.3 is 69.3 Å². The number of aliphatic hydroxyl groups is 6. The third-order valence-corrected chi connectivity index (χ3v) is 6.54. The van der Waals surface area contributed by atoms with Crippen LogP contribution < -0.4 is 14.9 Å². The number of ether oxygens (including phenoxy) is 4. The van der Waals surface area contributed by atoms with Crippen LogP contribution in [-0.4, -0.2) is 108 Å². The third-order valence-electron chi connectivity index (χ3n) is 6.54. The predicted octanol–water partition coefficient (Wildman–Crippen LogP) is -1.79. The summed E-state index contributed by atoms with van der Waals surface area (Å²) in [7, 11) is 0. The van der Waals surface area contributed by atoms with Crippen LogP contribution in [0.1, 0.15) is 0 Å². The number of phenols is 3. The Kier molecular flexibility index (Phi) is 7.47. The Morgan fingerprint density at radius 1 is 0.700 bits per heavy atom. The molecule has 2 fully saturated rings. The second-order valence-electron chi connectivity index (χ2n) is 9.34. The summed E-state index contributed by atoms with van der Waals surface area (Å²) in [6, 6.07) is 5.56. The maximum atomic E-state index is 13.6. The topological polar surface area (TPSA) is 249 Å². The van der Waals surface area contributed by atoms with Gasteiger partial charge in [-0.05, 0) is 18.2 Å². The standard InChI is InChI=1S/C25H26O15/c26-10-2-1-8(3-11(10)27)22-23(40-25-21(35)18(32)14(30)7-37-25)19(33)16-12(28)4-9(5-15(16)39-22)38-24-20(34)17(31)13(29)6-36-24/h1-5,13-14,17-18,20-21,24-32,34-35H,6-7H2. The molecule has 0 radical (unpaired) electrons. The van der Waals surface area contributed by atoms with E-state index in [0.29, 0.717) is 0 Å². The molecule has 0 bridgehead atoms. The fraction of sp³-hybridized carbons (Fsp3) is 0.400. The second-order valence-corrected chi connectivity index (χ2v) is 9.34. The van der Waals surface area contributed by atoms with Gasteiger partial charge in [-0.15, -0.1) is 0 Å². The van der Waals surface area contributed by atoms with Crippen LogP contribution in [0.2, 0.25) is 0 Å². The van der Waals surface area contributed by atoms with Gasteiger partial charge >= 0.3 is 0 Å². The first-order valence-corrected chi connectivity index (χ1v) is 12.0. The van der Waals surface area contributed by atoms with Gasteiger partial charge in [0.1, 0.15) is 59.1 Å². The molecule has 0 amide bonds. The molecule has 15 nitrogen and oxygen atoms in total. The number of phenolic OH excluding ortho intramolecular Hbond substituents is 3. The Morgan fingerprint density at radius 2 is 1.30 bits per heavy atom. The number of hydrogen-bond acceptors (Lipinski definition) is 15. The van der Waals surface area contributed by atoms with Gasteiger partial charge in [-0.2, -0.15) is 0 Å². The first-order chi connectivity index (χ1) is 19.0. The molecule has 2 saturated heterocycles. The van der Waals surface area contributed by atoms with E-state index in [0.717, 1.165) is 24.3 Å². The Labute approximate surface area is 223 Å². The quantitative estimate of drug-likeness (QED) is 0.155. The number of hydrogen-bond donors (Lipinski definition) is 9. The summed E-state index contributed by atoms with van der Waals surface area (Å²) < 4.78 is 27.4. The van der Waals surface area contributed by atoms with Crippen LogP contribution in [0.25, 0.3) is 22.3 Å². The predicted molar refractivity (Wildman–Crippen MR) is 130 cm³/mol. The highest BCUT2D eigenvalue weighted by molar-refractivity contribution is 5.88. The number of aliphatic hydroxyl groups excluding tert-OH is 6. The smallest absolute Gasteiger partial charge is 0.239 e. The van der Waals surface area contributed by atoms with Crippen molar-refractivity contribution >= 4 is 11.0 Å². The van der Waals surface area contributed by atoms with E-state index in [4.69, 9.17) is 23.4 Å². The Bertz CT molecular complexity index is 1450. The first-order valence-electron chi connectivity index (χ1n) is 12.0. The summed E-state index contributed by atoms with van der Waals surface area (Å²) in [5, 5.41) is 89.8. The van der Waals surface area contributed by atoms with Crippen molar-refractivity contribution in [3.8, 4) is 40.1 Å². The summed E-state index contributed by atoms with van der Waals surface area (Å²) in [5.41, 5.74) is -1.25. The highest BCUT2D eigenvalue weighted by atomic mass is 16.7. The molecule has 5 rings (SSSR count). The molecule has 2 aliphatic heterocycles. The fourth-order valence-electron chi connectivity index (χ4n) is 4.30. The molecule has 2 aliphatic rings. The minimum absolute atomic E-state index is 0.00383. The van der Waals surface area contributed by atoms with Gasteiger partial charge in [0.05, 0.1) is 13.2 Å². The van der Waals surface area contributed by atoms with Gasteiger partial charge in [-0.3, -0.25) is 4.79 Å². The Balaban J connectivity index is 1.60. The van der Waals surface area contributed by atoms with Crippen molar-refractivity contribution in [2.75, 3.05) is 13.2 Å². The van der Waals surface area contributed by atoms with Crippen LogP contribution in [0, 0.1) is 0 Å². The van der Waals surface area contributed by atoms with E-state index in [1.807, 2.05) is 0 Å². The summed E-state index contributed by atoms with van der Waals surface area (Å²) in [6.45, 7) is -0.794. The van der Waals surface area contributed by atoms with E-state index in [2.05, 4.69) is 0 Å². The molecule has 8 unspecified atom stereocenters. The van der Waals surface area contributed by atoms with Gasteiger partial charge in [-0.1, -0.05) is 0 Å². The zero-order valence-electron chi connectivity index (χ0n) is 20.4. The lowest BCUT2D eigenvalue weighted by atomic mass is 10.1. The molecule has 40 heavy (non-hydrogen) atoms. The number of rotatable bonds is 5. The minimum atomic E-state index is -1.79. The van der Waals surface area contributed by atoms with Crippen LogP contribution >= 0.6 is 0 Å². The van der Waals surface area contributed by atoms with Crippen molar-refractivity contribution in [3.05, 3.63) is 40.6 Å². The Morgan fingerprint density at radius 3 is 1.90 bits per heavy atom. The second kappa shape index (κ2) is 10.7. The van der Waals surface area contributed by atoms with Crippen molar-refractivity contribution in [1.29, 1.82) is 0 Å². The number of benzene rings is 2. The summed E-state index contributed by atoms with van der Waals surface area (Å²) in [5.74, 6) is -2.87. The lowest BCUT2D eigenvalue weighted by Crippen LogP contribution is -2.55. The summed E-state index contributed by atoms with van der Waals surface area (Å²) in [6.07, 6.45) is -12.6. The SMILES string of the molecule is O=c1c(OC2OCC(O)C(O)C2O)c(-c2ccc(O)c(O)c2)oc2cc(OC3OCC(O)C(O)C3O)cc(O)c12. The minimum Gasteiger partial charge on any atom is -0.507 e. The number of fused-ring (bicyclic) bond motifs is 1. The molecule has 3 heterocycles. The first kappa shape index (κ1) is 27.9. The molecule has 3 aromatic rings. The highest BCUT2D eigenvalue weighted by Crippen LogP contribution is 2.39. The molecule has 8 atom stereocenters. The van der Waals surface area contributed by atoms with E-state index < -0.39 is 89.6 Å². The van der Waals surface area contributed by atoms with Crippen molar-refractivity contribution in [2.45, 2.75) is 49.2 Å². The van der Waals surface area contributed by atoms with E-state index >= 15 is 0 Å². The van der Waals surface area contributed by atoms with Crippen molar-refractivity contribution in [3.63, 3.8) is 0 Å². The zero-order valence-corrected chi connectivity index (χ0v) is 20.4. The summed E-state index contributed by atoms with van der Waals surface area (Å²) in [4.78, 5) is 13.6. The van der Waals surface area contributed by atoms with Crippen LogP contribution in [0.5, 0.6) is 28.7 Å².